The van der Waals surface area contributed by atoms with Crippen LogP contribution < -0.4 is 10.2 Å². The molecule has 0 saturated carbocycles. The molecule has 3 rings (SSSR count). The lowest BCUT2D eigenvalue weighted by Crippen LogP contribution is -2.52. The summed E-state index contributed by atoms with van der Waals surface area (Å²) < 4.78 is 15.6. The average molecular weight is 331 g/mol. The molecule has 0 bridgehead atoms. The van der Waals surface area contributed by atoms with Gasteiger partial charge in [0.1, 0.15) is 5.82 Å². The molecule has 1 aliphatic heterocycles. The van der Waals surface area contributed by atoms with Crippen molar-refractivity contribution in [2.75, 3.05) is 37.6 Å². The molecule has 1 aromatic carbocycles. The van der Waals surface area contributed by atoms with Crippen molar-refractivity contribution < 1.29 is 9.18 Å². The van der Waals surface area contributed by atoms with Gasteiger partial charge in [0.15, 0.2) is 0 Å². The van der Waals surface area contributed by atoms with E-state index < -0.39 is 0 Å². The average Bonchev–Trinajstić information content (AvgIpc) is 3.01. The van der Waals surface area contributed by atoms with Crippen LogP contribution in [-0.4, -0.2) is 53.4 Å². The Morgan fingerprint density at radius 1 is 1.25 bits per heavy atom. The number of hydrogen-bond donors (Lipinski definition) is 1. The van der Waals surface area contributed by atoms with Crippen LogP contribution in [0, 0.1) is 12.7 Å². The van der Waals surface area contributed by atoms with Gasteiger partial charge in [-0.1, -0.05) is 12.1 Å². The Hall–Kier alpha value is -2.57. The maximum atomic E-state index is 13.8. The Bertz CT molecular complexity index is 694. The van der Waals surface area contributed by atoms with Crippen molar-refractivity contribution in [1.29, 1.82) is 0 Å². The van der Waals surface area contributed by atoms with Gasteiger partial charge < -0.3 is 15.1 Å². The quantitative estimate of drug-likeness (QED) is 0.930. The minimum Gasteiger partial charge on any atom is -0.366 e. The molecular weight excluding hydrogens is 309 g/mol. The van der Waals surface area contributed by atoms with Gasteiger partial charge in [-0.15, -0.1) is 0 Å². The molecule has 1 aromatic heterocycles. The monoisotopic (exact) mass is 331 g/mol. The molecule has 2 heterocycles. The second kappa shape index (κ2) is 7.33. The summed E-state index contributed by atoms with van der Waals surface area (Å²) in [6.07, 6.45) is 3.74. The van der Waals surface area contributed by atoms with Gasteiger partial charge in [0.25, 0.3) is 0 Å². The number of aryl methyl sites for hydroxylation is 1. The number of nitrogens with one attached hydrogen (secondary N) is 1. The molecule has 2 aromatic rings. The molecule has 0 spiro atoms. The molecule has 0 atom stereocenters. The van der Waals surface area contributed by atoms with Crippen molar-refractivity contribution >= 4 is 11.7 Å². The van der Waals surface area contributed by atoms with E-state index in [4.69, 9.17) is 0 Å². The van der Waals surface area contributed by atoms with Gasteiger partial charge in [-0.2, -0.15) is 5.10 Å². The summed E-state index contributed by atoms with van der Waals surface area (Å²) in [5.74, 6) is -0.218. The number of nitrogens with zero attached hydrogens (tertiary/aromatic N) is 4. The van der Waals surface area contributed by atoms with E-state index in [0.717, 1.165) is 5.56 Å². The third-order valence-corrected chi connectivity index (χ3v) is 4.14. The van der Waals surface area contributed by atoms with E-state index in [9.17, 15) is 9.18 Å². The lowest BCUT2D eigenvalue weighted by atomic mass is 10.2. The molecule has 1 aliphatic rings. The Kier molecular flexibility index (Phi) is 4.98. The first-order valence-electron chi connectivity index (χ1n) is 8.15. The van der Waals surface area contributed by atoms with Gasteiger partial charge in [0.05, 0.1) is 18.4 Å². The summed E-state index contributed by atoms with van der Waals surface area (Å²) in [6.45, 7) is 5.60. The fourth-order valence-electron chi connectivity index (χ4n) is 2.84. The van der Waals surface area contributed by atoms with Gasteiger partial charge >= 0.3 is 6.03 Å². The summed E-state index contributed by atoms with van der Waals surface area (Å²) in [6, 6.07) is 6.67. The summed E-state index contributed by atoms with van der Waals surface area (Å²) in [5.41, 5.74) is 1.71. The molecule has 0 radical (unpaired) electrons. The van der Waals surface area contributed by atoms with E-state index in [2.05, 4.69) is 10.4 Å². The van der Waals surface area contributed by atoms with E-state index in [1.54, 1.807) is 23.2 Å². The third-order valence-electron chi connectivity index (χ3n) is 4.14. The zero-order valence-electron chi connectivity index (χ0n) is 13.8. The standard InChI is InChI=1S/C17H22FN5O/c1-14-12-20-23(13-14)7-6-19-17(24)22-10-8-21(9-11-22)16-5-3-2-4-15(16)18/h2-5,12-13H,6-11H2,1H3,(H,19,24). The normalized spacial score (nSPS) is 14.8. The van der Waals surface area contributed by atoms with Crippen LogP contribution >= 0.6 is 0 Å². The van der Waals surface area contributed by atoms with Crippen molar-refractivity contribution in [3.05, 3.63) is 48.0 Å². The Morgan fingerprint density at radius 3 is 2.67 bits per heavy atom. The van der Waals surface area contributed by atoms with Crippen LogP contribution in [0.15, 0.2) is 36.7 Å². The second-order valence-corrected chi connectivity index (χ2v) is 5.94. The van der Waals surface area contributed by atoms with Crippen LogP contribution in [0.25, 0.3) is 0 Å². The van der Waals surface area contributed by atoms with Gasteiger partial charge in [-0.25, -0.2) is 9.18 Å². The number of benzene rings is 1. The Labute approximate surface area is 140 Å². The SMILES string of the molecule is Cc1cnn(CCNC(=O)N2CCN(c3ccccc3F)CC2)c1. The summed E-state index contributed by atoms with van der Waals surface area (Å²) >= 11 is 0. The lowest BCUT2D eigenvalue weighted by Gasteiger charge is -2.36. The molecule has 24 heavy (non-hydrogen) atoms. The number of anilines is 1. The van der Waals surface area contributed by atoms with Crippen LogP contribution in [-0.2, 0) is 6.54 Å². The fraction of sp³-hybridized carbons (Fsp3) is 0.412. The van der Waals surface area contributed by atoms with Gasteiger partial charge in [-0.3, -0.25) is 4.68 Å². The largest absolute Gasteiger partial charge is 0.366 e. The molecule has 1 fully saturated rings. The molecule has 1 N–H and O–H groups in total. The van der Waals surface area contributed by atoms with Crippen LogP contribution in [0.4, 0.5) is 14.9 Å². The molecule has 1 saturated heterocycles. The molecule has 6 nitrogen and oxygen atoms in total. The maximum Gasteiger partial charge on any atom is 0.317 e. The second-order valence-electron chi connectivity index (χ2n) is 5.94. The zero-order valence-corrected chi connectivity index (χ0v) is 13.8. The van der Waals surface area contributed by atoms with E-state index in [1.807, 2.05) is 28.8 Å². The summed E-state index contributed by atoms with van der Waals surface area (Å²) in [4.78, 5) is 15.9. The molecule has 7 heteroatoms. The fourth-order valence-corrected chi connectivity index (χ4v) is 2.84. The van der Waals surface area contributed by atoms with Gasteiger partial charge in [0.2, 0.25) is 0 Å². The number of para-hydroxylation sites is 1. The third kappa shape index (κ3) is 3.84. The summed E-state index contributed by atoms with van der Waals surface area (Å²) in [5, 5.41) is 7.10. The molecule has 128 valence electrons. The first-order valence-corrected chi connectivity index (χ1v) is 8.15. The van der Waals surface area contributed by atoms with Crippen LogP contribution in [0.3, 0.4) is 0 Å². The van der Waals surface area contributed by atoms with Crippen molar-refractivity contribution in [2.45, 2.75) is 13.5 Å². The number of carbonyl (C=O) groups excluding carboxylic acids is 1. The molecular formula is C17H22FN5O. The Balaban J connectivity index is 1.44. The molecule has 0 aliphatic carbocycles. The van der Waals surface area contributed by atoms with Gasteiger partial charge in [-0.05, 0) is 24.6 Å². The predicted molar refractivity (Wildman–Crippen MR) is 90.5 cm³/mol. The summed E-state index contributed by atoms with van der Waals surface area (Å²) in [7, 11) is 0. The van der Waals surface area contributed by atoms with Crippen molar-refractivity contribution in [2.24, 2.45) is 0 Å². The minimum atomic E-state index is -0.218. The molecule has 2 amide bonds. The van der Waals surface area contributed by atoms with Crippen LogP contribution in [0.1, 0.15) is 5.56 Å². The number of rotatable bonds is 4. The number of urea groups is 1. The van der Waals surface area contributed by atoms with E-state index in [-0.39, 0.29) is 11.8 Å². The first kappa shape index (κ1) is 16.3. The van der Waals surface area contributed by atoms with E-state index in [1.165, 1.54) is 6.07 Å². The highest BCUT2D eigenvalue weighted by atomic mass is 19.1. The lowest BCUT2D eigenvalue weighted by molar-refractivity contribution is 0.194. The Morgan fingerprint density at radius 2 is 2.00 bits per heavy atom. The van der Waals surface area contributed by atoms with Crippen molar-refractivity contribution in [3.63, 3.8) is 0 Å². The number of piperazine rings is 1. The highest BCUT2D eigenvalue weighted by Crippen LogP contribution is 2.20. The first-order chi connectivity index (χ1) is 11.6. The number of halogens is 1. The zero-order chi connectivity index (χ0) is 16.9. The predicted octanol–water partition coefficient (Wildman–Crippen LogP) is 1.86. The van der Waals surface area contributed by atoms with Crippen molar-refractivity contribution in [1.82, 2.24) is 20.0 Å². The number of amides is 2. The maximum absolute atomic E-state index is 13.8. The highest BCUT2D eigenvalue weighted by molar-refractivity contribution is 5.74. The number of aromatic nitrogens is 2. The highest BCUT2D eigenvalue weighted by Gasteiger charge is 2.22. The minimum absolute atomic E-state index is 0.0768. The van der Waals surface area contributed by atoms with E-state index >= 15 is 0 Å². The van der Waals surface area contributed by atoms with Crippen LogP contribution in [0.5, 0.6) is 0 Å². The smallest absolute Gasteiger partial charge is 0.317 e. The number of hydrogen-bond acceptors (Lipinski definition) is 3. The van der Waals surface area contributed by atoms with Crippen LogP contribution in [0.2, 0.25) is 0 Å². The van der Waals surface area contributed by atoms with Crippen molar-refractivity contribution in [3.8, 4) is 0 Å². The molecule has 0 unspecified atom stereocenters. The van der Waals surface area contributed by atoms with E-state index in [0.29, 0.717) is 45.0 Å². The number of carbonyl (C=O) groups is 1. The topological polar surface area (TPSA) is 53.4 Å². The van der Waals surface area contributed by atoms with Gasteiger partial charge in [0, 0.05) is 38.9 Å².